The van der Waals surface area contributed by atoms with Crippen molar-refractivity contribution in [3.8, 4) is 0 Å². The monoisotopic (exact) mass is 358 g/mol. The van der Waals surface area contributed by atoms with Crippen molar-refractivity contribution in [2.75, 3.05) is 10.0 Å². The summed E-state index contributed by atoms with van der Waals surface area (Å²) < 4.78 is 32.4. The third-order valence-electron chi connectivity index (χ3n) is 3.57. The fraction of sp³-hybridized carbons (Fsp3) is 0.176. The minimum atomic E-state index is -3.74. The maximum Gasteiger partial charge on any atom is 0.267 e. The number of sulfonamides is 1. The van der Waals surface area contributed by atoms with Gasteiger partial charge in [-0.2, -0.15) is 0 Å². The molecule has 2 N–H and O–H groups in total. The lowest BCUT2D eigenvalue weighted by Gasteiger charge is -2.09. The lowest BCUT2D eigenvalue weighted by Crippen LogP contribution is -2.14. The molecule has 0 spiro atoms. The van der Waals surface area contributed by atoms with E-state index in [9.17, 15) is 8.42 Å². The Morgan fingerprint density at radius 1 is 1.04 bits per heavy atom. The van der Waals surface area contributed by atoms with Crippen molar-refractivity contribution in [2.24, 2.45) is 0 Å². The first-order chi connectivity index (χ1) is 12.0. The van der Waals surface area contributed by atoms with Crippen LogP contribution in [0.1, 0.15) is 17.1 Å². The van der Waals surface area contributed by atoms with Crippen LogP contribution in [0.25, 0.3) is 0 Å². The molecule has 3 rings (SSSR count). The summed E-state index contributed by atoms with van der Waals surface area (Å²) >= 11 is 0. The van der Waals surface area contributed by atoms with Crippen LogP contribution in [-0.4, -0.2) is 18.6 Å². The van der Waals surface area contributed by atoms with Crippen LogP contribution in [0.3, 0.4) is 0 Å². The molecule has 0 bridgehead atoms. The predicted molar refractivity (Wildman–Crippen MR) is 94.8 cm³/mol. The van der Waals surface area contributed by atoms with Crippen LogP contribution in [0, 0.1) is 13.8 Å². The van der Waals surface area contributed by atoms with Crippen LogP contribution in [0.15, 0.2) is 58.1 Å². The normalized spacial score (nSPS) is 11.3. The fourth-order valence-electron chi connectivity index (χ4n) is 2.42. The molecule has 0 saturated heterocycles. The number of rotatable bonds is 6. The molecule has 3 aromatic rings. The van der Waals surface area contributed by atoms with Gasteiger partial charge in [0.2, 0.25) is 0 Å². The first-order valence-electron chi connectivity index (χ1n) is 7.65. The molecule has 0 saturated carbocycles. The highest BCUT2D eigenvalue weighted by atomic mass is 32.2. The van der Waals surface area contributed by atoms with Gasteiger partial charge in [-0.1, -0.05) is 11.2 Å². The summed E-state index contributed by atoms with van der Waals surface area (Å²) in [6, 6.07) is 12.7. The SMILES string of the molecule is Cc1noc(C)c1S(=O)(=O)Nc1ccc(NCc2ccccn2)cc1. The summed E-state index contributed by atoms with van der Waals surface area (Å²) in [7, 11) is -3.74. The van der Waals surface area contributed by atoms with E-state index in [1.165, 1.54) is 0 Å². The lowest BCUT2D eigenvalue weighted by atomic mass is 10.3. The number of aromatic nitrogens is 2. The van der Waals surface area contributed by atoms with Gasteiger partial charge in [0.15, 0.2) is 10.7 Å². The van der Waals surface area contributed by atoms with Gasteiger partial charge in [0.1, 0.15) is 5.69 Å². The number of nitrogens with zero attached hydrogens (tertiary/aromatic N) is 2. The van der Waals surface area contributed by atoms with E-state index in [1.54, 1.807) is 44.3 Å². The largest absolute Gasteiger partial charge is 0.379 e. The van der Waals surface area contributed by atoms with Crippen LogP contribution < -0.4 is 10.0 Å². The molecule has 7 nitrogen and oxygen atoms in total. The molecule has 0 radical (unpaired) electrons. The summed E-state index contributed by atoms with van der Waals surface area (Å²) in [5.41, 5.74) is 2.58. The second kappa shape index (κ2) is 6.94. The molecule has 0 atom stereocenters. The minimum Gasteiger partial charge on any atom is -0.379 e. The van der Waals surface area contributed by atoms with Gasteiger partial charge in [-0.05, 0) is 50.2 Å². The standard InChI is InChI=1S/C17H18N4O3S/c1-12-17(13(2)24-20-12)25(22,23)21-15-8-6-14(7-9-15)19-11-16-5-3-4-10-18-16/h3-10,19,21H,11H2,1-2H3. The fourth-order valence-corrected chi connectivity index (χ4v) is 3.81. The molecule has 25 heavy (non-hydrogen) atoms. The summed E-state index contributed by atoms with van der Waals surface area (Å²) in [6.07, 6.45) is 1.74. The van der Waals surface area contributed by atoms with Crippen molar-refractivity contribution in [1.29, 1.82) is 0 Å². The molecule has 0 aliphatic rings. The Labute approximate surface area is 146 Å². The number of nitrogens with one attached hydrogen (secondary N) is 2. The van der Waals surface area contributed by atoms with Crippen molar-refractivity contribution in [2.45, 2.75) is 25.3 Å². The quantitative estimate of drug-likeness (QED) is 0.703. The Morgan fingerprint density at radius 2 is 1.76 bits per heavy atom. The molecule has 8 heteroatoms. The van der Waals surface area contributed by atoms with Crippen molar-refractivity contribution in [3.05, 3.63) is 65.8 Å². The van der Waals surface area contributed by atoms with E-state index in [0.29, 0.717) is 17.9 Å². The Bertz CT molecular complexity index is 932. The van der Waals surface area contributed by atoms with Crippen molar-refractivity contribution >= 4 is 21.4 Å². The molecule has 130 valence electrons. The molecule has 2 heterocycles. The zero-order valence-corrected chi connectivity index (χ0v) is 14.7. The molecule has 0 aliphatic carbocycles. The second-order valence-electron chi connectivity index (χ2n) is 5.51. The van der Waals surface area contributed by atoms with Gasteiger partial charge in [-0.25, -0.2) is 8.42 Å². The number of hydrogen-bond donors (Lipinski definition) is 2. The van der Waals surface area contributed by atoms with Crippen LogP contribution in [0.5, 0.6) is 0 Å². The van der Waals surface area contributed by atoms with E-state index in [4.69, 9.17) is 4.52 Å². The molecule has 2 aromatic heterocycles. The van der Waals surface area contributed by atoms with E-state index >= 15 is 0 Å². The number of benzene rings is 1. The Hall–Kier alpha value is -2.87. The maximum atomic E-state index is 12.5. The maximum absolute atomic E-state index is 12.5. The van der Waals surface area contributed by atoms with Gasteiger partial charge in [-0.15, -0.1) is 0 Å². The molecule has 0 fully saturated rings. The molecule has 0 unspecified atom stereocenters. The summed E-state index contributed by atoms with van der Waals surface area (Å²) in [5, 5.41) is 6.91. The summed E-state index contributed by atoms with van der Waals surface area (Å²) in [6.45, 7) is 3.75. The van der Waals surface area contributed by atoms with E-state index in [2.05, 4.69) is 20.2 Å². The van der Waals surface area contributed by atoms with Crippen molar-refractivity contribution < 1.29 is 12.9 Å². The van der Waals surface area contributed by atoms with Crippen molar-refractivity contribution in [3.63, 3.8) is 0 Å². The zero-order valence-electron chi connectivity index (χ0n) is 13.9. The molecule has 0 aliphatic heterocycles. The number of aryl methyl sites for hydroxylation is 2. The van der Waals surface area contributed by atoms with E-state index in [0.717, 1.165) is 11.4 Å². The third kappa shape index (κ3) is 3.97. The molecule has 1 aromatic carbocycles. The van der Waals surface area contributed by atoms with E-state index in [-0.39, 0.29) is 10.7 Å². The van der Waals surface area contributed by atoms with Gasteiger partial charge in [0, 0.05) is 17.6 Å². The highest BCUT2D eigenvalue weighted by Gasteiger charge is 2.24. The lowest BCUT2D eigenvalue weighted by molar-refractivity contribution is 0.390. The Balaban J connectivity index is 1.68. The minimum absolute atomic E-state index is 0.0739. The van der Waals surface area contributed by atoms with Gasteiger partial charge < -0.3 is 9.84 Å². The number of hydrogen-bond acceptors (Lipinski definition) is 6. The van der Waals surface area contributed by atoms with Crippen LogP contribution in [-0.2, 0) is 16.6 Å². The van der Waals surface area contributed by atoms with E-state index in [1.807, 2.05) is 18.2 Å². The van der Waals surface area contributed by atoms with Crippen LogP contribution >= 0.6 is 0 Å². The third-order valence-corrected chi connectivity index (χ3v) is 5.20. The molecular formula is C17H18N4O3S. The average Bonchev–Trinajstić information content (AvgIpc) is 2.94. The van der Waals surface area contributed by atoms with Gasteiger partial charge in [0.25, 0.3) is 10.0 Å². The highest BCUT2D eigenvalue weighted by Crippen LogP contribution is 2.23. The Kier molecular flexibility index (Phi) is 4.71. The average molecular weight is 358 g/mol. The predicted octanol–water partition coefficient (Wildman–Crippen LogP) is 3.10. The smallest absolute Gasteiger partial charge is 0.267 e. The highest BCUT2D eigenvalue weighted by molar-refractivity contribution is 7.92. The van der Waals surface area contributed by atoms with E-state index < -0.39 is 10.0 Å². The summed E-state index contributed by atoms with van der Waals surface area (Å²) in [4.78, 5) is 4.31. The first-order valence-corrected chi connectivity index (χ1v) is 9.13. The van der Waals surface area contributed by atoms with Gasteiger partial charge >= 0.3 is 0 Å². The molecule has 0 amide bonds. The zero-order chi connectivity index (χ0) is 17.9. The first kappa shape index (κ1) is 17.0. The summed E-state index contributed by atoms with van der Waals surface area (Å²) in [5.74, 6) is 0.263. The van der Waals surface area contributed by atoms with Gasteiger partial charge in [-0.3, -0.25) is 9.71 Å². The van der Waals surface area contributed by atoms with Gasteiger partial charge in [0.05, 0.1) is 12.2 Å². The second-order valence-corrected chi connectivity index (χ2v) is 7.13. The van der Waals surface area contributed by atoms with Crippen LogP contribution in [0.2, 0.25) is 0 Å². The van der Waals surface area contributed by atoms with Crippen molar-refractivity contribution in [1.82, 2.24) is 10.1 Å². The number of pyridine rings is 1. The number of anilines is 2. The molecular weight excluding hydrogens is 340 g/mol. The Morgan fingerprint density at radius 3 is 2.36 bits per heavy atom. The topological polar surface area (TPSA) is 97.1 Å². The van der Waals surface area contributed by atoms with Crippen LogP contribution in [0.4, 0.5) is 11.4 Å².